The average molecular weight is 241 g/mol. The zero-order valence-corrected chi connectivity index (χ0v) is 9.92. The number of ether oxygens (including phenoxy) is 1. The highest BCUT2D eigenvalue weighted by molar-refractivity contribution is 7.80. The molecule has 3 N–H and O–H groups in total. The van der Waals surface area contributed by atoms with Crippen LogP contribution in [0.3, 0.4) is 0 Å². The van der Waals surface area contributed by atoms with Crippen molar-refractivity contribution in [3.05, 3.63) is 23.8 Å². The molecule has 0 radical (unpaired) electrons. The fraction of sp³-hybridized carbons (Fsp3) is 0.455. The SMILES string of the molecule is COc1cc(C2(S(=O)O)CCC2)ccc1N. The van der Waals surface area contributed by atoms with Gasteiger partial charge in [-0.25, -0.2) is 4.21 Å². The quantitative estimate of drug-likeness (QED) is 0.626. The summed E-state index contributed by atoms with van der Waals surface area (Å²) in [6, 6.07) is 5.30. The summed E-state index contributed by atoms with van der Waals surface area (Å²) < 4.78 is 25.4. The summed E-state index contributed by atoms with van der Waals surface area (Å²) in [4.78, 5) is 0. The summed E-state index contributed by atoms with van der Waals surface area (Å²) in [5, 5.41) is 0. The maximum Gasteiger partial charge on any atom is 0.163 e. The molecule has 1 aromatic carbocycles. The Morgan fingerprint density at radius 3 is 2.62 bits per heavy atom. The Bertz CT molecular complexity index is 429. The number of nitrogens with two attached hydrogens (primary N) is 1. The van der Waals surface area contributed by atoms with Gasteiger partial charge in [-0.1, -0.05) is 6.07 Å². The van der Waals surface area contributed by atoms with Gasteiger partial charge in [-0.15, -0.1) is 0 Å². The van der Waals surface area contributed by atoms with Gasteiger partial charge in [0.15, 0.2) is 11.1 Å². The van der Waals surface area contributed by atoms with Crippen LogP contribution in [0.15, 0.2) is 18.2 Å². The largest absolute Gasteiger partial charge is 0.495 e. The van der Waals surface area contributed by atoms with Gasteiger partial charge in [-0.2, -0.15) is 0 Å². The molecule has 1 fully saturated rings. The molecule has 1 aromatic rings. The molecule has 2 rings (SSSR count). The Hall–Kier alpha value is -1.07. The third-order valence-electron chi connectivity index (χ3n) is 3.26. The van der Waals surface area contributed by atoms with Crippen LogP contribution in [0.25, 0.3) is 0 Å². The Kier molecular flexibility index (Phi) is 2.90. The molecule has 0 aliphatic heterocycles. The highest BCUT2D eigenvalue weighted by Gasteiger charge is 2.44. The standard InChI is InChI=1S/C11H15NO3S/c1-15-10-7-8(3-4-9(10)12)11(16(13)14)5-2-6-11/h3-4,7H,2,5-6,12H2,1H3,(H,13,14). The van der Waals surface area contributed by atoms with E-state index in [1.807, 2.05) is 6.07 Å². The number of nitrogen functional groups attached to an aromatic ring is 1. The molecule has 1 atom stereocenters. The predicted octanol–water partition coefficient (Wildman–Crippen LogP) is 1.88. The number of methoxy groups -OCH3 is 1. The third-order valence-corrected chi connectivity index (χ3v) is 4.57. The fourth-order valence-corrected chi connectivity index (χ4v) is 3.02. The molecule has 16 heavy (non-hydrogen) atoms. The fourth-order valence-electron chi connectivity index (χ4n) is 2.06. The number of rotatable bonds is 3. The van der Waals surface area contributed by atoms with Crippen LogP contribution in [0.4, 0.5) is 5.69 Å². The smallest absolute Gasteiger partial charge is 0.163 e. The number of hydrogen-bond donors (Lipinski definition) is 2. The molecule has 0 spiro atoms. The van der Waals surface area contributed by atoms with E-state index < -0.39 is 15.8 Å². The first-order valence-electron chi connectivity index (χ1n) is 5.15. The van der Waals surface area contributed by atoms with Crippen LogP contribution in [-0.2, 0) is 15.8 Å². The van der Waals surface area contributed by atoms with Crippen molar-refractivity contribution in [3.8, 4) is 5.75 Å². The minimum Gasteiger partial charge on any atom is -0.495 e. The van der Waals surface area contributed by atoms with E-state index in [-0.39, 0.29) is 0 Å². The van der Waals surface area contributed by atoms with E-state index in [1.165, 1.54) is 0 Å². The highest BCUT2D eigenvalue weighted by atomic mass is 32.2. The van der Waals surface area contributed by atoms with Crippen LogP contribution in [0.5, 0.6) is 5.75 Å². The summed E-state index contributed by atoms with van der Waals surface area (Å²) >= 11 is -1.85. The van der Waals surface area contributed by atoms with E-state index in [4.69, 9.17) is 10.5 Å². The maximum absolute atomic E-state index is 11.4. The lowest BCUT2D eigenvalue weighted by Gasteiger charge is -2.38. The molecule has 1 unspecified atom stereocenters. The van der Waals surface area contributed by atoms with E-state index in [2.05, 4.69) is 0 Å². The van der Waals surface area contributed by atoms with E-state index in [1.54, 1.807) is 19.2 Å². The van der Waals surface area contributed by atoms with Crippen molar-refractivity contribution in [1.29, 1.82) is 0 Å². The van der Waals surface area contributed by atoms with Gasteiger partial charge in [-0.05, 0) is 37.0 Å². The van der Waals surface area contributed by atoms with Gasteiger partial charge in [0.05, 0.1) is 17.5 Å². The number of anilines is 1. The van der Waals surface area contributed by atoms with Crippen molar-refractivity contribution in [2.45, 2.75) is 24.0 Å². The van der Waals surface area contributed by atoms with Gasteiger partial charge >= 0.3 is 0 Å². The third kappa shape index (κ3) is 1.60. The van der Waals surface area contributed by atoms with Crippen molar-refractivity contribution < 1.29 is 13.5 Å². The van der Waals surface area contributed by atoms with Crippen molar-refractivity contribution in [3.63, 3.8) is 0 Å². The van der Waals surface area contributed by atoms with Crippen molar-refractivity contribution in [2.75, 3.05) is 12.8 Å². The Labute approximate surface area is 97.1 Å². The summed E-state index contributed by atoms with van der Waals surface area (Å²) in [6.07, 6.45) is 2.46. The monoisotopic (exact) mass is 241 g/mol. The molecule has 4 nitrogen and oxygen atoms in total. The Balaban J connectivity index is 2.43. The molecule has 0 saturated heterocycles. The summed E-state index contributed by atoms with van der Waals surface area (Å²) in [6.45, 7) is 0. The molecular weight excluding hydrogens is 226 g/mol. The normalized spacial score (nSPS) is 19.9. The minimum absolute atomic E-state index is 0.546. The van der Waals surface area contributed by atoms with E-state index in [0.29, 0.717) is 11.4 Å². The van der Waals surface area contributed by atoms with Gasteiger partial charge in [-0.3, -0.25) is 0 Å². The zero-order chi connectivity index (χ0) is 11.8. The van der Waals surface area contributed by atoms with Gasteiger partial charge in [0.1, 0.15) is 5.75 Å². The van der Waals surface area contributed by atoms with Crippen LogP contribution >= 0.6 is 0 Å². The van der Waals surface area contributed by atoms with Gasteiger partial charge in [0.25, 0.3) is 0 Å². The number of hydrogen-bond acceptors (Lipinski definition) is 3. The predicted molar refractivity (Wildman–Crippen MR) is 63.7 cm³/mol. The van der Waals surface area contributed by atoms with Gasteiger partial charge in [0, 0.05) is 0 Å². The Morgan fingerprint density at radius 1 is 1.50 bits per heavy atom. The van der Waals surface area contributed by atoms with Crippen LogP contribution in [0.2, 0.25) is 0 Å². The van der Waals surface area contributed by atoms with Crippen LogP contribution in [-0.4, -0.2) is 15.9 Å². The summed E-state index contributed by atoms with van der Waals surface area (Å²) in [5.74, 6) is 0.564. The molecule has 1 saturated carbocycles. The minimum atomic E-state index is -1.85. The van der Waals surface area contributed by atoms with Gasteiger partial charge < -0.3 is 15.0 Å². The molecular formula is C11H15NO3S. The van der Waals surface area contributed by atoms with Crippen LogP contribution in [0, 0.1) is 0 Å². The van der Waals surface area contributed by atoms with Crippen molar-refractivity contribution >= 4 is 16.8 Å². The summed E-state index contributed by atoms with van der Waals surface area (Å²) in [7, 11) is 1.54. The van der Waals surface area contributed by atoms with Crippen LogP contribution in [0.1, 0.15) is 24.8 Å². The second kappa shape index (κ2) is 4.07. The van der Waals surface area contributed by atoms with Crippen molar-refractivity contribution in [2.24, 2.45) is 0 Å². The lowest BCUT2D eigenvalue weighted by molar-refractivity contribution is 0.335. The second-order valence-corrected chi connectivity index (χ2v) is 5.33. The second-order valence-electron chi connectivity index (χ2n) is 4.05. The molecule has 0 heterocycles. The lowest BCUT2D eigenvalue weighted by atomic mass is 9.78. The lowest BCUT2D eigenvalue weighted by Crippen LogP contribution is -2.38. The van der Waals surface area contributed by atoms with Crippen LogP contribution < -0.4 is 10.5 Å². The molecule has 5 heteroatoms. The number of benzene rings is 1. The molecule has 1 aliphatic carbocycles. The van der Waals surface area contributed by atoms with Gasteiger partial charge in [0.2, 0.25) is 0 Å². The first-order chi connectivity index (χ1) is 7.60. The molecule has 0 aromatic heterocycles. The summed E-state index contributed by atoms with van der Waals surface area (Å²) in [5.41, 5.74) is 7.10. The Morgan fingerprint density at radius 2 is 2.19 bits per heavy atom. The molecule has 0 amide bonds. The first-order valence-corrected chi connectivity index (χ1v) is 6.26. The maximum atomic E-state index is 11.4. The van der Waals surface area contributed by atoms with E-state index in [9.17, 15) is 8.76 Å². The zero-order valence-electron chi connectivity index (χ0n) is 9.10. The van der Waals surface area contributed by atoms with E-state index >= 15 is 0 Å². The van der Waals surface area contributed by atoms with E-state index in [0.717, 1.165) is 24.8 Å². The highest BCUT2D eigenvalue weighted by Crippen LogP contribution is 2.47. The average Bonchev–Trinajstić information content (AvgIpc) is 2.18. The molecule has 0 bridgehead atoms. The molecule has 88 valence electrons. The van der Waals surface area contributed by atoms with Crippen molar-refractivity contribution in [1.82, 2.24) is 0 Å². The molecule has 1 aliphatic rings. The first kappa shape index (κ1) is 11.4. The topological polar surface area (TPSA) is 72.5 Å².